The molecule has 0 heterocycles. The highest BCUT2D eigenvalue weighted by Gasteiger charge is 2.68. The number of Topliss-reactive ketones (excluding diaryl/α,β-unsaturated/α-hetero) is 1. The van der Waals surface area contributed by atoms with Gasteiger partial charge in [-0.15, -0.1) is 0 Å². The molecule has 2 N–H and O–H groups in total. The number of aldehydes is 1. The first-order valence-electron chi connectivity index (χ1n) is 8.48. The van der Waals surface area contributed by atoms with Gasteiger partial charge in [0.2, 0.25) is 0 Å². The average Bonchev–Trinajstić information content (AvgIpc) is 2.84. The van der Waals surface area contributed by atoms with Gasteiger partial charge >= 0.3 is 0 Å². The number of carbonyl (C=O) groups excluding carboxylic acids is 2. The minimum atomic E-state index is -1.82. The molecule has 1 saturated carbocycles. The normalized spacial score (nSPS) is 34.3. The van der Waals surface area contributed by atoms with E-state index >= 15 is 0 Å². The van der Waals surface area contributed by atoms with Gasteiger partial charge in [-0.2, -0.15) is 15.8 Å². The van der Waals surface area contributed by atoms with E-state index in [2.05, 4.69) is 6.07 Å². The second-order valence-corrected chi connectivity index (χ2v) is 7.57. The van der Waals surface area contributed by atoms with Crippen molar-refractivity contribution in [3.63, 3.8) is 0 Å². The topological polar surface area (TPSA) is 132 Å². The lowest BCUT2D eigenvalue weighted by atomic mass is 9.52. The molecule has 0 aromatic rings. The maximum atomic E-state index is 13.3. The van der Waals surface area contributed by atoms with Crippen molar-refractivity contribution in [1.29, 1.82) is 15.8 Å². The van der Waals surface area contributed by atoms with Crippen molar-refractivity contribution in [3.8, 4) is 18.2 Å². The summed E-state index contributed by atoms with van der Waals surface area (Å²) in [5.41, 5.74) is 2.55. The predicted molar refractivity (Wildman–Crippen MR) is 88.8 cm³/mol. The van der Waals surface area contributed by atoms with Crippen LogP contribution in [0, 0.1) is 68.5 Å². The van der Waals surface area contributed by atoms with Crippen LogP contribution < -0.4 is 5.73 Å². The number of hydrogen-bond acceptors (Lipinski definition) is 6. The Morgan fingerprint density at radius 1 is 1.20 bits per heavy atom. The highest BCUT2D eigenvalue weighted by Crippen LogP contribution is 2.61. The molecule has 6 nitrogen and oxygen atoms in total. The zero-order valence-corrected chi connectivity index (χ0v) is 14.7. The molecule has 0 bridgehead atoms. The van der Waals surface area contributed by atoms with Crippen molar-refractivity contribution in [2.24, 2.45) is 40.2 Å². The molecule has 4 atom stereocenters. The number of carbonyl (C=O) groups is 2. The van der Waals surface area contributed by atoms with Crippen LogP contribution in [0.4, 0.5) is 0 Å². The second-order valence-electron chi connectivity index (χ2n) is 7.57. The van der Waals surface area contributed by atoms with Crippen LogP contribution in [0.1, 0.15) is 40.0 Å². The summed E-state index contributed by atoms with van der Waals surface area (Å²) in [4.78, 5) is 24.7. The number of rotatable bonds is 3. The Hall–Kier alpha value is -2.65. The molecule has 0 aliphatic heterocycles. The van der Waals surface area contributed by atoms with Crippen molar-refractivity contribution >= 4 is 12.1 Å². The van der Waals surface area contributed by atoms with Gasteiger partial charge in [0.15, 0.2) is 5.41 Å². The lowest BCUT2D eigenvalue weighted by Gasteiger charge is -2.45. The summed E-state index contributed by atoms with van der Waals surface area (Å²) < 4.78 is 0. The van der Waals surface area contributed by atoms with E-state index in [-0.39, 0.29) is 41.2 Å². The summed E-state index contributed by atoms with van der Waals surface area (Å²) in [5, 5.41) is 29.6. The molecule has 2 aliphatic rings. The van der Waals surface area contributed by atoms with E-state index in [1.54, 1.807) is 0 Å². The SMILES string of the molecule is CC(C)[C@H]1CC[C@H](C)[C@H]([C@@]2(C#N)C(N)=C(C=O)CC2(C#N)C#N)C1=O. The Morgan fingerprint density at radius 3 is 2.24 bits per heavy atom. The van der Waals surface area contributed by atoms with Crippen molar-refractivity contribution < 1.29 is 9.59 Å². The number of nitrogens with two attached hydrogens (primary N) is 1. The summed E-state index contributed by atoms with van der Waals surface area (Å²) in [6.45, 7) is 5.74. The molecule has 0 radical (unpaired) electrons. The van der Waals surface area contributed by atoms with Crippen LogP contribution in [-0.2, 0) is 9.59 Å². The summed E-state index contributed by atoms with van der Waals surface area (Å²) >= 11 is 0. The molecule has 1 fully saturated rings. The van der Waals surface area contributed by atoms with Crippen molar-refractivity contribution in [1.82, 2.24) is 0 Å². The molecule has 2 aliphatic carbocycles. The minimum absolute atomic E-state index is 0.0799. The van der Waals surface area contributed by atoms with Gasteiger partial charge in [-0.25, -0.2) is 0 Å². The van der Waals surface area contributed by atoms with E-state index in [1.807, 2.05) is 32.9 Å². The fourth-order valence-electron chi connectivity index (χ4n) is 4.61. The van der Waals surface area contributed by atoms with E-state index in [1.165, 1.54) is 0 Å². The Kier molecular flexibility index (Phi) is 4.74. The van der Waals surface area contributed by atoms with E-state index in [0.29, 0.717) is 19.1 Å². The van der Waals surface area contributed by atoms with E-state index in [9.17, 15) is 25.4 Å². The van der Waals surface area contributed by atoms with Crippen LogP contribution in [0.2, 0.25) is 0 Å². The van der Waals surface area contributed by atoms with Gasteiger partial charge in [0.1, 0.15) is 17.5 Å². The summed E-state index contributed by atoms with van der Waals surface area (Å²) in [5.74, 6) is -1.34. The van der Waals surface area contributed by atoms with Crippen LogP contribution in [-0.4, -0.2) is 12.1 Å². The van der Waals surface area contributed by atoms with E-state index in [0.717, 1.165) is 0 Å². The maximum absolute atomic E-state index is 13.3. The summed E-state index contributed by atoms with van der Waals surface area (Å²) in [6.07, 6.45) is 1.70. The third kappa shape index (κ3) is 2.27. The first kappa shape index (κ1) is 18.7. The highest BCUT2D eigenvalue weighted by molar-refractivity contribution is 5.88. The molecule has 130 valence electrons. The molecule has 6 heteroatoms. The Bertz CT molecular complexity index is 748. The van der Waals surface area contributed by atoms with Gasteiger partial charge < -0.3 is 5.73 Å². The predicted octanol–water partition coefficient (Wildman–Crippen LogP) is 2.23. The Labute approximate surface area is 147 Å². The summed E-state index contributed by atoms with van der Waals surface area (Å²) in [6, 6.07) is 5.93. The number of nitriles is 3. The van der Waals surface area contributed by atoms with Crippen LogP contribution >= 0.6 is 0 Å². The van der Waals surface area contributed by atoms with Crippen molar-refractivity contribution in [3.05, 3.63) is 11.3 Å². The molecule has 0 amide bonds. The van der Waals surface area contributed by atoms with E-state index in [4.69, 9.17) is 5.73 Å². The van der Waals surface area contributed by atoms with Gasteiger partial charge in [-0.1, -0.05) is 20.8 Å². The minimum Gasteiger partial charge on any atom is -0.400 e. The number of hydrogen-bond donors (Lipinski definition) is 1. The molecule has 0 aromatic carbocycles. The average molecular weight is 338 g/mol. The lowest BCUT2D eigenvalue weighted by molar-refractivity contribution is -0.138. The quantitative estimate of drug-likeness (QED) is 0.785. The van der Waals surface area contributed by atoms with Gasteiger partial charge in [0, 0.05) is 29.5 Å². The third-order valence-corrected chi connectivity index (χ3v) is 6.05. The van der Waals surface area contributed by atoms with Crippen LogP contribution in [0.5, 0.6) is 0 Å². The highest BCUT2D eigenvalue weighted by atomic mass is 16.1. The van der Waals surface area contributed by atoms with Crippen molar-refractivity contribution in [2.75, 3.05) is 0 Å². The molecular formula is C19H22N4O2. The zero-order chi connectivity index (χ0) is 19.0. The number of nitrogens with zero attached hydrogens (tertiary/aromatic N) is 3. The molecule has 0 aromatic heterocycles. The van der Waals surface area contributed by atoms with Gasteiger partial charge in [0.05, 0.1) is 18.2 Å². The van der Waals surface area contributed by atoms with Gasteiger partial charge in [-0.05, 0) is 24.7 Å². The Morgan fingerprint density at radius 2 is 1.80 bits per heavy atom. The molecule has 25 heavy (non-hydrogen) atoms. The zero-order valence-electron chi connectivity index (χ0n) is 14.7. The third-order valence-electron chi connectivity index (χ3n) is 6.05. The maximum Gasteiger partial charge on any atom is 0.172 e. The standard InChI is InChI=1S/C19H22N4O2/c1-11(2)14-5-4-12(3)15(16(14)25)19(10-22)17(23)13(7-24)6-18(19,8-20)9-21/h7,11-12,14-15H,4-6,23H2,1-3H3/t12-,14+,15-,19-/m0/s1. The van der Waals surface area contributed by atoms with Crippen LogP contribution in [0.3, 0.4) is 0 Å². The van der Waals surface area contributed by atoms with Crippen molar-refractivity contribution in [2.45, 2.75) is 40.0 Å². The molecule has 0 spiro atoms. The molecule has 0 saturated heterocycles. The van der Waals surface area contributed by atoms with Gasteiger partial charge in [0.25, 0.3) is 0 Å². The monoisotopic (exact) mass is 338 g/mol. The lowest BCUT2D eigenvalue weighted by Crippen LogP contribution is -2.53. The van der Waals surface area contributed by atoms with Crippen LogP contribution in [0.25, 0.3) is 0 Å². The first-order valence-corrected chi connectivity index (χ1v) is 8.48. The van der Waals surface area contributed by atoms with Crippen LogP contribution in [0.15, 0.2) is 11.3 Å². The number of allylic oxidation sites excluding steroid dienone is 2. The first-order chi connectivity index (χ1) is 11.8. The largest absolute Gasteiger partial charge is 0.400 e. The Balaban J connectivity index is 2.77. The fraction of sp³-hybridized carbons (Fsp3) is 0.632. The smallest absolute Gasteiger partial charge is 0.172 e. The number of ketones is 1. The molecule has 2 rings (SSSR count). The van der Waals surface area contributed by atoms with Gasteiger partial charge in [-0.3, -0.25) is 9.59 Å². The second kappa shape index (κ2) is 6.34. The fourth-order valence-corrected chi connectivity index (χ4v) is 4.61. The molecule has 0 unspecified atom stereocenters. The van der Waals surface area contributed by atoms with E-state index < -0.39 is 16.7 Å². The molecular weight excluding hydrogens is 316 g/mol. The summed E-state index contributed by atoms with van der Waals surface area (Å²) in [7, 11) is 0.